The van der Waals surface area contributed by atoms with E-state index in [1.807, 2.05) is 24.8 Å². The van der Waals surface area contributed by atoms with Gasteiger partial charge in [0.15, 0.2) is 0 Å². The van der Waals surface area contributed by atoms with E-state index >= 15 is 0 Å². The maximum atomic E-state index is 12.7. The van der Waals surface area contributed by atoms with Gasteiger partial charge in [-0.15, -0.1) is 0 Å². The first-order valence-corrected chi connectivity index (χ1v) is 9.36. The molecule has 1 aromatic heterocycles. The van der Waals surface area contributed by atoms with Crippen LogP contribution in [0, 0.1) is 5.92 Å². The molecule has 4 heterocycles. The van der Waals surface area contributed by atoms with Crippen molar-refractivity contribution in [2.75, 3.05) is 19.6 Å². The highest BCUT2D eigenvalue weighted by atomic mass is 16.2. The fourth-order valence-electron chi connectivity index (χ4n) is 3.76. The van der Waals surface area contributed by atoms with Crippen LogP contribution < -0.4 is 11.2 Å². The zero-order valence-corrected chi connectivity index (χ0v) is 15.8. The lowest BCUT2D eigenvalue weighted by molar-refractivity contribution is -0.139. The molecule has 4 rings (SSSR count). The van der Waals surface area contributed by atoms with Crippen LogP contribution in [0.5, 0.6) is 0 Å². The average Bonchev–Trinajstić information content (AvgIpc) is 2.90. The van der Waals surface area contributed by atoms with Gasteiger partial charge < -0.3 is 14.4 Å². The van der Waals surface area contributed by atoms with Gasteiger partial charge in [0.1, 0.15) is 0 Å². The molecule has 8 nitrogen and oxygen atoms in total. The standard InChI is InChI=1S/C19H26N4O4/c1-13(2)5-10-23-15-4-3-14(18(23)26)11-22(12-15)17(25)7-9-21-8-6-16(24)20-19(21)27/h5-6,8,14-15H,3-4,7,9-12H2,1-2H3,(H,20,24,27)/t14-,15+/m1/s1. The predicted octanol–water partition coefficient (Wildman–Crippen LogP) is 0.342. The van der Waals surface area contributed by atoms with Crippen LogP contribution in [-0.2, 0) is 16.1 Å². The zero-order chi connectivity index (χ0) is 19.6. The highest BCUT2D eigenvalue weighted by Crippen LogP contribution is 2.29. The third-order valence-electron chi connectivity index (χ3n) is 5.31. The van der Waals surface area contributed by atoms with Crippen molar-refractivity contribution in [2.24, 2.45) is 5.92 Å². The first kappa shape index (κ1) is 19.1. The number of nitrogens with zero attached hydrogens (tertiary/aromatic N) is 3. The van der Waals surface area contributed by atoms with Gasteiger partial charge in [0.25, 0.3) is 5.56 Å². The van der Waals surface area contributed by atoms with Gasteiger partial charge in [0.05, 0.1) is 5.92 Å². The van der Waals surface area contributed by atoms with E-state index in [0.717, 1.165) is 12.8 Å². The van der Waals surface area contributed by atoms with E-state index in [-0.39, 0.29) is 36.7 Å². The van der Waals surface area contributed by atoms with Gasteiger partial charge in [-0.3, -0.25) is 19.4 Å². The van der Waals surface area contributed by atoms with Gasteiger partial charge in [0, 0.05) is 50.9 Å². The molecule has 0 unspecified atom stereocenters. The number of piperidine rings is 1. The summed E-state index contributed by atoms with van der Waals surface area (Å²) in [5.74, 6) is -0.0770. The summed E-state index contributed by atoms with van der Waals surface area (Å²) in [6.45, 7) is 5.80. The Morgan fingerprint density at radius 1 is 1.22 bits per heavy atom. The number of hydrogen-bond acceptors (Lipinski definition) is 4. The molecule has 0 aromatic carbocycles. The molecule has 1 N–H and O–H groups in total. The Bertz CT molecular complexity index is 865. The van der Waals surface area contributed by atoms with E-state index < -0.39 is 11.2 Å². The van der Waals surface area contributed by atoms with Crippen molar-refractivity contribution < 1.29 is 9.59 Å². The van der Waals surface area contributed by atoms with Crippen LogP contribution in [0.4, 0.5) is 0 Å². The van der Waals surface area contributed by atoms with Crippen molar-refractivity contribution in [2.45, 2.75) is 45.7 Å². The number of aromatic amines is 1. The van der Waals surface area contributed by atoms with E-state index in [1.54, 1.807) is 4.90 Å². The molecule has 27 heavy (non-hydrogen) atoms. The van der Waals surface area contributed by atoms with Gasteiger partial charge in [-0.25, -0.2) is 4.79 Å². The number of carbonyl (C=O) groups is 2. The van der Waals surface area contributed by atoms with E-state index in [2.05, 4.69) is 4.98 Å². The van der Waals surface area contributed by atoms with Crippen LogP contribution in [0.2, 0.25) is 0 Å². The lowest BCUT2D eigenvalue weighted by atomic mass is 9.94. The van der Waals surface area contributed by atoms with Crippen LogP contribution in [0.25, 0.3) is 0 Å². The highest BCUT2D eigenvalue weighted by Gasteiger charge is 2.41. The van der Waals surface area contributed by atoms with Crippen molar-refractivity contribution in [1.29, 1.82) is 0 Å². The number of H-pyrrole nitrogens is 1. The normalized spacial score (nSPS) is 21.9. The monoisotopic (exact) mass is 374 g/mol. The maximum absolute atomic E-state index is 12.7. The minimum absolute atomic E-state index is 0.0478. The summed E-state index contributed by atoms with van der Waals surface area (Å²) >= 11 is 0. The summed E-state index contributed by atoms with van der Waals surface area (Å²) in [6.07, 6.45) is 5.33. The molecule has 3 saturated heterocycles. The second-order valence-corrected chi connectivity index (χ2v) is 7.55. The van der Waals surface area contributed by atoms with Gasteiger partial charge >= 0.3 is 5.69 Å². The van der Waals surface area contributed by atoms with E-state index in [1.165, 1.54) is 22.4 Å². The summed E-state index contributed by atoms with van der Waals surface area (Å²) in [5.41, 5.74) is 0.193. The molecule has 0 spiro atoms. The number of allylic oxidation sites excluding steroid dienone is 1. The fourth-order valence-corrected chi connectivity index (χ4v) is 3.76. The summed E-state index contributed by atoms with van der Waals surface area (Å²) in [7, 11) is 0. The first-order chi connectivity index (χ1) is 12.8. The van der Waals surface area contributed by atoms with Crippen molar-refractivity contribution in [3.63, 3.8) is 0 Å². The molecular formula is C19H26N4O4. The molecule has 3 aliphatic rings. The van der Waals surface area contributed by atoms with E-state index in [4.69, 9.17) is 0 Å². The van der Waals surface area contributed by atoms with Gasteiger partial charge in [-0.05, 0) is 26.7 Å². The summed E-state index contributed by atoms with van der Waals surface area (Å²) < 4.78 is 1.32. The average molecular weight is 374 g/mol. The Labute approximate surface area is 157 Å². The predicted molar refractivity (Wildman–Crippen MR) is 100 cm³/mol. The number of aromatic nitrogens is 2. The minimum atomic E-state index is -0.519. The van der Waals surface area contributed by atoms with Crippen LogP contribution >= 0.6 is 0 Å². The van der Waals surface area contributed by atoms with Crippen molar-refractivity contribution in [1.82, 2.24) is 19.4 Å². The molecule has 2 bridgehead atoms. The summed E-state index contributed by atoms with van der Waals surface area (Å²) in [5, 5.41) is 0. The number of hydrogen-bond donors (Lipinski definition) is 1. The third-order valence-corrected chi connectivity index (χ3v) is 5.31. The topological polar surface area (TPSA) is 95.5 Å². The molecule has 3 fully saturated rings. The van der Waals surface area contributed by atoms with Crippen molar-refractivity contribution >= 4 is 11.8 Å². The molecule has 0 aliphatic carbocycles. The number of carbonyl (C=O) groups excluding carboxylic acids is 2. The molecular weight excluding hydrogens is 348 g/mol. The van der Waals surface area contributed by atoms with Crippen LogP contribution in [0.15, 0.2) is 33.5 Å². The van der Waals surface area contributed by atoms with Crippen LogP contribution in [0.3, 0.4) is 0 Å². The number of nitrogens with one attached hydrogen (secondary N) is 1. The first-order valence-electron chi connectivity index (χ1n) is 9.36. The Balaban J connectivity index is 1.66. The number of fused-ring (bicyclic) bond motifs is 4. The highest BCUT2D eigenvalue weighted by molar-refractivity contribution is 5.83. The lowest BCUT2D eigenvalue weighted by Gasteiger charge is -2.35. The lowest BCUT2D eigenvalue weighted by Crippen LogP contribution is -2.48. The quantitative estimate of drug-likeness (QED) is 0.752. The SMILES string of the molecule is CC(C)=CCN1C(=O)[C@@H]2CC[C@H]1CN(C(=O)CCn1ccc(=O)[nH]c1=O)C2. The third kappa shape index (κ3) is 4.37. The molecule has 1 aromatic rings. The second kappa shape index (κ2) is 7.94. The smallest absolute Gasteiger partial charge is 0.328 e. The molecule has 0 radical (unpaired) electrons. The van der Waals surface area contributed by atoms with Crippen LogP contribution in [-0.4, -0.2) is 56.8 Å². The molecule has 0 saturated carbocycles. The Kier molecular flexibility index (Phi) is 5.62. The van der Waals surface area contributed by atoms with E-state index in [9.17, 15) is 19.2 Å². The molecule has 8 heteroatoms. The Morgan fingerprint density at radius 3 is 2.70 bits per heavy atom. The van der Waals surface area contributed by atoms with Gasteiger partial charge in [0.2, 0.25) is 11.8 Å². The van der Waals surface area contributed by atoms with E-state index in [0.29, 0.717) is 19.6 Å². The van der Waals surface area contributed by atoms with Crippen molar-refractivity contribution in [3.05, 3.63) is 44.8 Å². The fraction of sp³-hybridized carbons (Fsp3) is 0.579. The van der Waals surface area contributed by atoms with Crippen LogP contribution in [0.1, 0.15) is 33.1 Å². The van der Waals surface area contributed by atoms with Crippen molar-refractivity contribution in [3.8, 4) is 0 Å². The minimum Gasteiger partial charge on any atom is -0.340 e. The maximum Gasteiger partial charge on any atom is 0.328 e. The van der Waals surface area contributed by atoms with Gasteiger partial charge in [-0.1, -0.05) is 11.6 Å². The summed E-state index contributed by atoms with van der Waals surface area (Å²) in [4.78, 5) is 54.1. The second-order valence-electron chi connectivity index (χ2n) is 7.55. The Hall–Kier alpha value is -2.64. The van der Waals surface area contributed by atoms with Gasteiger partial charge in [-0.2, -0.15) is 0 Å². The Morgan fingerprint density at radius 2 is 2.00 bits per heavy atom. The molecule has 146 valence electrons. The number of amides is 2. The molecule has 2 atom stereocenters. The molecule has 3 aliphatic heterocycles. The number of rotatable bonds is 5. The number of aryl methyl sites for hydroxylation is 1. The summed E-state index contributed by atoms with van der Waals surface area (Å²) in [6, 6.07) is 1.31. The molecule has 2 amide bonds. The largest absolute Gasteiger partial charge is 0.340 e. The zero-order valence-electron chi connectivity index (χ0n) is 15.8.